The Labute approximate surface area is 212 Å². The van der Waals surface area contributed by atoms with Crippen LogP contribution in [0.15, 0.2) is 36.4 Å². The largest absolute Gasteiger partial charge is 0.497 e. The molecule has 0 aliphatic carbocycles. The topological polar surface area (TPSA) is 83.5 Å². The van der Waals surface area contributed by atoms with Crippen molar-refractivity contribution in [1.29, 1.82) is 0 Å². The van der Waals surface area contributed by atoms with Crippen LogP contribution < -0.4 is 19.3 Å². The van der Waals surface area contributed by atoms with Crippen molar-refractivity contribution in [2.24, 2.45) is 0 Å². The van der Waals surface area contributed by atoms with Gasteiger partial charge in [0.25, 0.3) is 5.91 Å². The molecule has 1 aromatic carbocycles. The van der Waals surface area contributed by atoms with Gasteiger partial charge in [-0.3, -0.25) is 9.69 Å². The smallest absolute Gasteiger partial charge is 0.260 e. The predicted molar refractivity (Wildman–Crippen MR) is 137 cm³/mol. The minimum atomic E-state index is -0.00876. The van der Waals surface area contributed by atoms with Crippen molar-refractivity contribution in [1.82, 2.24) is 20.0 Å². The van der Waals surface area contributed by atoms with Gasteiger partial charge in [0.2, 0.25) is 0 Å². The SMILES string of the molecule is COc1ccc(OCC(=O)N2CCN(c3ccc(N4CCN(CC5CCCO5)CC4)nn3)CC2)cc1. The fourth-order valence-corrected chi connectivity index (χ4v) is 4.98. The Kier molecular flexibility index (Phi) is 8.02. The number of nitrogens with zero attached hydrogens (tertiary/aromatic N) is 6. The van der Waals surface area contributed by atoms with Crippen LogP contribution in [0.25, 0.3) is 0 Å². The van der Waals surface area contributed by atoms with Crippen molar-refractivity contribution in [3.05, 3.63) is 36.4 Å². The third-order valence-electron chi connectivity index (χ3n) is 7.20. The number of carbonyl (C=O) groups excluding carboxylic acids is 1. The van der Waals surface area contributed by atoms with Gasteiger partial charge in [0, 0.05) is 65.5 Å². The van der Waals surface area contributed by atoms with Crippen molar-refractivity contribution in [3.8, 4) is 11.5 Å². The van der Waals surface area contributed by atoms with E-state index < -0.39 is 0 Å². The minimum absolute atomic E-state index is 0.00876. The van der Waals surface area contributed by atoms with E-state index in [1.165, 1.54) is 12.8 Å². The van der Waals surface area contributed by atoms with Crippen LogP contribution in [0.5, 0.6) is 11.5 Å². The van der Waals surface area contributed by atoms with Crippen molar-refractivity contribution in [2.75, 3.05) is 89.0 Å². The first-order valence-electron chi connectivity index (χ1n) is 12.9. The minimum Gasteiger partial charge on any atom is -0.497 e. The summed E-state index contributed by atoms with van der Waals surface area (Å²) in [7, 11) is 1.62. The Balaban J connectivity index is 1.04. The van der Waals surface area contributed by atoms with Crippen molar-refractivity contribution < 1.29 is 19.0 Å². The zero-order valence-corrected chi connectivity index (χ0v) is 21.1. The van der Waals surface area contributed by atoms with Gasteiger partial charge in [0.15, 0.2) is 18.2 Å². The molecule has 3 fully saturated rings. The quantitative estimate of drug-likeness (QED) is 0.540. The molecule has 1 aromatic heterocycles. The summed E-state index contributed by atoms with van der Waals surface area (Å²) in [4.78, 5) is 21.4. The van der Waals surface area contributed by atoms with Gasteiger partial charge < -0.3 is 28.9 Å². The first-order chi connectivity index (χ1) is 17.7. The highest BCUT2D eigenvalue weighted by molar-refractivity contribution is 5.78. The van der Waals surface area contributed by atoms with Crippen LogP contribution in [-0.4, -0.2) is 111 Å². The third-order valence-corrected chi connectivity index (χ3v) is 7.20. The Morgan fingerprint density at radius 1 is 0.889 bits per heavy atom. The molecule has 1 unspecified atom stereocenters. The Bertz CT molecular complexity index is 967. The molecule has 3 aliphatic rings. The zero-order chi connectivity index (χ0) is 24.7. The highest BCUT2D eigenvalue weighted by Crippen LogP contribution is 2.20. The molecule has 10 nitrogen and oxygen atoms in total. The average molecular weight is 497 g/mol. The number of carbonyl (C=O) groups is 1. The molecule has 4 heterocycles. The molecule has 2 aromatic rings. The second-order valence-corrected chi connectivity index (χ2v) is 9.50. The third kappa shape index (κ3) is 6.17. The summed E-state index contributed by atoms with van der Waals surface area (Å²) in [5, 5.41) is 9.02. The zero-order valence-electron chi connectivity index (χ0n) is 21.1. The first kappa shape index (κ1) is 24.6. The summed E-state index contributed by atoms with van der Waals surface area (Å²) in [6, 6.07) is 11.4. The molecule has 10 heteroatoms. The molecule has 36 heavy (non-hydrogen) atoms. The predicted octanol–water partition coefficient (Wildman–Crippen LogP) is 1.51. The lowest BCUT2D eigenvalue weighted by molar-refractivity contribution is -0.133. The summed E-state index contributed by atoms with van der Waals surface area (Å²) in [5.74, 6) is 3.19. The summed E-state index contributed by atoms with van der Waals surface area (Å²) < 4.78 is 16.6. The van der Waals surface area contributed by atoms with Crippen LogP contribution in [0, 0.1) is 0 Å². The van der Waals surface area contributed by atoms with Crippen molar-refractivity contribution >= 4 is 17.5 Å². The molecule has 0 N–H and O–H groups in total. The van der Waals surface area contributed by atoms with Gasteiger partial charge in [-0.15, -0.1) is 10.2 Å². The van der Waals surface area contributed by atoms with E-state index in [0.29, 0.717) is 24.9 Å². The molecule has 1 amide bonds. The van der Waals surface area contributed by atoms with Gasteiger partial charge >= 0.3 is 0 Å². The monoisotopic (exact) mass is 496 g/mol. The number of benzene rings is 1. The van der Waals surface area contributed by atoms with E-state index in [0.717, 1.165) is 69.8 Å². The average Bonchev–Trinajstić information content (AvgIpc) is 3.46. The number of ether oxygens (including phenoxy) is 3. The number of anilines is 2. The number of hydrogen-bond donors (Lipinski definition) is 0. The second-order valence-electron chi connectivity index (χ2n) is 9.50. The number of methoxy groups -OCH3 is 1. The molecular weight excluding hydrogens is 460 g/mol. The molecule has 0 saturated carbocycles. The molecule has 194 valence electrons. The van der Waals surface area contributed by atoms with Gasteiger partial charge in [-0.1, -0.05) is 0 Å². The maximum Gasteiger partial charge on any atom is 0.260 e. The Morgan fingerprint density at radius 3 is 2.06 bits per heavy atom. The molecule has 3 aliphatic heterocycles. The van der Waals surface area contributed by atoms with E-state index >= 15 is 0 Å². The fourth-order valence-electron chi connectivity index (χ4n) is 4.98. The van der Waals surface area contributed by atoms with Crippen molar-refractivity contribution in [2.45, 2.75) is 18.9 Å². The van der Waals surface area contributed by atoms with Gasteiger partial charge in [0.05, 0.1) is 13.2 Å². The fraction of sp³-hybridized carbons (Fsp3) is 0.577. The highest BCUT2D eigenvalue weighted by atomic mass is 16.5. The lowest BCUT2D eigenvalue weighted by Gasteiger charge is -2.37. The van der Waals surface area contributed by atoms with Gasteiger partial charge in [0.1, 0.15) is 11.5 Å². The van der Waals surface area contributed by atoms with Gasteiger partial charge in [-0.05, 0) is 49.2 Å². The normalized spacial score (nSPS) is 21.0. The van der Waals surface area contributed by atoms with Crippen LogP contribution in [0.2, 0.25) is 0 Å². The number of hydrogen-bond acceptors (Lipinski definition) is 9. The Hall–Kier alpha value is -3.11. The summed E-state index contributed by atoms with van der Waals surface area (Å²) in [6.07, 6.45) is 2.79. The first-order valence-corrected chi connectivity index (χ1v) is 12.9. The lowest BCUT2D eigenvalue weighted by atomic mass is 10.2. The number of amides is 1. The molecule has 3 saturated heterocycles. The molecule has 0 spiro atoms. The van der Waals surface area contributed by atoms with Crippen LogP contribution >= 0.6 is 0 Å². The van der Waals surface area contributed by atoms with E-state index in [9.17, 15) is 4.79 Å². The number of aromatic nitrogens is 2. The van der Waals surface area contributed by atoms with Gasteiger partial charge in [-0.2, -0.15) is 0 Å². The van der Waals surface area contributed by atoms with Crippen LogP contribution in [0.4, 0.5) is 11.6 Å². The van der Waals surface area contributed by atoms with E-state index in [2.05, 4.69) is 31.0 Å². The highest BCUT2D eigenvalue weighted by Gasteiger charge is 2.25. The maximum absolute atomic E-state index is 12.6. The van der Waals surface area contributed by atoms with Crippen LogP contribution in [0.3, 0.4) is 0 Å². The molecule has 0 radical (unpaired) electrons. The Morgan fingerprint density at radius 2 is 1.50 bits per heavy atom. The molecule has 0 bridgehead atoms. The van der Waals surface area contributed by atoms with Gasteiger partial charge in [-0.25, -0.2) is 0 Å². The van der Waals surface area contributed by atoms with E-state index in [-0.39, 0.29) is 12.5 Å². The maximum atomic E-state index is 12.6. The summed E-state index contributed by atoms with van der Waals surface area (Å²) >= 11 is 0. The number of rotatable bonds is 8. The summed E-state index contributed by atoms with van der Waals surface area (Å²) in [6.45, 7) is 8.69. The van der Waals surface area contributed by atoms with E-state index in [4.69, 9.17) is 14.2 Å². The second kappa shape index (κ2) is 11.7. The lowest BCUT2D eigenvalue weighted by Crippen LogP contribution is -2.50. The number of piperazine rings is 2. The molecular formula is C26H36N6O4. The van der Waals surface area contributed by atoms with Crippen LogP contribution in [-0.2, 0) is 9.53 Å². The summed E-state index contributed by atoms with van der Waals surface area (Å²) in [5.41, 5.74) is 0. The van der Waals surface area contributed by atoms with Crippen molar-refractivity contribution in [3.63, 3.8) is 0 Å². The molecule has 1 atom stereocenters. The van der Waals surface area contributed by atoms with E-state index in [1.54, 1.807) is 19.2 Å². The standard InChI is InChI=1S/C26H36N6O4/c1-34-21-4-6-22(7-5-21)36-20-26(33)32-16-14-31(15-17-32)25-9-8-24(27-28-25)30-12-10-29(11-13-30)19-23-3-2-18-35-23/h4-9,23H,2-3,10-20H2,1H3. The van der Waals surface area contributed by atoms with Crippen LogP contribution in [0.1, 0.15) is 12.8 Å². The van der Waals surface area contributed by atoms with E-state index in [1.807, 2.05) is 23.1 Å². The molecule has 5 rings (SSSR count).